The Morgan fingerprint density at radius 2 is 2.06 bits per heavy atom. The highest BCUT2D eigenvalue weighted by Gasteiger charge is 2.31. The van der Waals surface area contributed by atoms with E-state index < -0.39 is 17.7 Å². The van der Waals surface area contributed by atoms with E-state index in [9.17, 15) is 18.0 Å². The number of benzene rings is 1. The molecule has 0 aliphatic carbocycles. The molecule has 0 aliphatic heterocycles. The van der Waals surface area contributed by atoms with Crippen molar-refractivity contribution in [3.05, 3.63) is 33.7 Å². The Bertz CT molecular complexity index is 619. The van der Waals surface area contributed by atoms with Crippen LogP contribution < -0.4 is 0 Å². The number of carbonyl (C=O) groups is 1. The number of esters is 1. The number of hydrogen-bond donors (Lipinski definition) is 0. The Balaban J connectivity index is 2.64. The predicted octanol–water partition coefficient (Wildman–Crippen LogP) is 4.36. The van der Waals surface area contributed by atoms with E-state index in [1.54, 1.807) is 0 Å². The van der Waals surface area contributed by atoms with Crippen molar-refractivity contribution in [3.8, 4) is 0 Å². The van der Waals surface area contributed by atoms with Gasteiger partial charge in [0, 0.05) is 10.1 Å². The van der Waals surface area contributed by atoms with E-state index in [-0.39, 0.29) is 15.3 Å². The average Bonchev–Trinajstić information content (AvgIpc) is 2.64. The van der Waals surface area contributed by atoms with Gasteiger partial charge in [-0.3, -0.25) is 0 Å². The van der Waals surface area contributed by atoms with Crippen LogP contribution in [-0.4, -0.2) is 13.1 Å². The number of fused-ring (bicyclic) bond motifs is 1. The van der Waals surface area contributed by atoms with E-state index in [1.165, 1.54) is 13.2 Å². The summed E-state index contributed by atoms with van der Waals surface area (Å²) >= 11 is 6.90. The van der Waals surface area contributed by atoms with Gasteiger partial charge < -0.3 is 4.74 Å². The third-order valence-corrected chi connectivity index (χ3v) is 3.98. The molecule has 2 aromatic rings. The van der Waals surface area contributed by atoms with Gasteiger partial charge in [0.05, 0.1) is 17.7 Å². The smallest absolute Gasteiger partial charge is 0.416 e. The lowest BCUT2D eigenvalue weighted by atomic mass is 10.1. The highest BCUT2D eigenvalue weighted by Crippen LogP contribution is 2.39. The average molecular weight is 295 g/mol. The lowest BCUT2D eigenvalue weighted by Gasteiger charge is -2.05. The van der Waals surface area contributed by atoms with Crippen LogP contribution in [-0.2, 0) is 10.9 Å². The van der Waals surface area contributed by atoms with E-state index in [0.717, 1.165) is 23.5 Å². The second-order valence-electron chi connectivity index (χ2n) is 3.45. The third kappa shape index (κ3) is 2.18. The molecule has 18 heavy (non-hydrogen) atoms. The second-order valence-corrected chi connectivity index (χ2v) is 4.88. The van der Waals surface area contributed by atoms with Gasteiger partial charge in [-0.2, -0.15) is 13.2 Å². The predicted molar refractivity (Wildman–Crippen MR) is 63.2 cm³/mol. The molecule has 0 saturated heterocycles. The number of hydrogen-bond acceptors (Lipinski definition) is 3. The van der Waals surface area contributed by atoms with Gasteiger partial charge in [-0.25, -0.2) is 4.79 Å². The number of ether oxygens (including phenoxy) is 1. The number of halogens is 4. The van der Waals surface area contributed by atoms with Crippen LogP contribution in [0, 0.1) is 0 Å². The number of methoxy groups -OCH3 is 1. The van der Waals surface area contributed by atoms with Gasteiger partial charge in [0.1, 0.15) is 4.88 Å². The van der Waals surface area contributed by atoms with Crippen LogP contribution in [0.1, 0.15) is 15.2 Å². The Morgan fingerprint density at radius 1 is 1.39 bits per heavy atom. The van der Waals surface area contributed by atoms with E-state index in [1.807, 2.05) is 0 Å². The molecule has 96 valence electrons. The summed E-state index contributed by atoms with van der Waals surface area (Å²) in [7, 11) is 1.18. The SMILES string of the molecule is COC(=O)c1sc2ccc(C(F)(F)F)cc2c1Cl. The summed E-state index contributed by atoms with van der Waals surface area (Å²) in [5.74, 6) is -0.658. The molecule has 0 amide bonds. The highest BCUT2D eigenvalue weighted by atomic mass is 35.5. The molecular weight excluding hydrogens is 289 g/mol. The standard InChI is InChI=1S/C11H6ClF3O2S/c1-17-10(16)9-8(12)6-4-5(11(13,14)15)2-3-7(6)18-9/h2-4H,1H3. The minimum absolute atomic E-state index is 0.00653. The van der Waals surface area contributed by atoms with Gasteiger partial charge in [-0.15, -0.1) is 11.3 Å². The summed E-state index contributed by atoms with van der Waals surface area (Å²) in [5, 5.41) is 0.199. The molecule has 0 aliphatic rings. The van der Waals surface area contributed by atoms with Crippen LogP contribution in [0.5, 0.6) is 0 Å². The van der Waals surface area contributed by atoms with Gasteiger partial charge in [0.15, 0.2) is 0 Å². The van der Waals surface area contributed by atoms with Crippen LogP contribution in [0.3, 0.4) is 0 Å². The third-order valence-electron chi connectivity index (χ3n) is 2.33. The van der Waals surface area contributed by atoms with Crippen molar-refractivity contribution in [1.29, 1.82) is 0 Å². The van der Waals surface area contributed by atoms with Crippen LogP contribution >= 0.6 is 22.9 Å². The summed E-state index contributed by atoms with van der Waals surface area (Å²) < 4.78 is 42.7. The van der Waals surface area contributed by atoms with Gasteiger partial charge in [0.25, 0.3) is 0 Å². The maximum atomic E-state index is 12.5. The first kappa shape index (κ1) is 13.2. The largest absolute Gasteiger partial charge is 0.465 e. The molecule has 0 radical (unpaired) electrons. The summed E-state index contributed by atoms with van der Waals surface area (Å²) in [4.78, 5) is 11.5. The summed E-state index contributed by atoms with van der Waals surface area (Å²) in [6, 6.07) is 3.18. The normalized spacial score (nSPS) is 11.8. The molecule has 1 heterocycles. The maximum absolute atomic E-state index is 12.5. The fourth-order valence-electron chi connectivity index (χ4n) is 1.47. The quantitative estimate of drug-likeness (QED) is 0.731. The summed E-state index contributed by atoms with van der Waals surface area (Å²) in [5.41, 5.74) is -0.800. The van der Waals surface area contributed by atoms with E-state index >= 15 is 0 Å². The van der Waals surface area contributed by atoms with Crippen molar-refractivity contribution in [2.75, 3.05) is 7.11 Å². The lowest BCUT2D eigenvalue weighted by molar-refractivity contribution is -0.137. The minimum Gasteiger partial charge on any atom is -0.465 e. The zero-order valence-corrected chi connectivity index (χ0v) is 10.5. The van der Waals surface area contributed by atoms with Gasteiger partial charge >= 0.3 is 12.1 Å². The summed E-state index contributed by atoms with van der Waals surface area (Å²) in [6.45, 7) is 0. The van der Waals surface area contributed by atoms with Gasteiger partial charge in [-0.1, -0.05) is 11.6 Å². The molecule has 0 bridgehead atoms. The highest BCUT2D eigenvalue weighted by molar-refractivity contribution is 7.21. The number of rotatable bonds is 1. The molecule has 0 unspecified atom stereocenters. The first-order chi connectivity index (χ1) is 8.34. The maximum Gasteiger partial charge on any atom is 0.416 e. The van der Waals surface area contributed by atoms with Crippen LogP contribution in [0.25, 0.3) is 10.1 Å². The Labute approximate surface area is 109 Å². The van der Waals surface area contributed by atoms with Gasteiger partial charge in [0.2, 0.25) is 0 Å². The fraction of sp³-hybridized carbons (Fsp3) is 0.182. The lowest BCUT2D eigenvalue weighted by Crippen LogP contribution is -2.03. The van der Waals surface area contributed by atoms with Crippen molar-refractivity contribution in [2.24, 2.45) is 0 Å². The Hall–Kier alpha value is -1.27. The molecule has 0 atom stereocenters. The van der Waals surface area contributed by atoms with Crippen molar-refractivity contribution in [3.63, 3.8) is 0 Å². The van der Waals surface area contributed by atoms with Crippen LogP contribution in [0.15, 0.2) is 18.2 Å². The van der Waals surface area contributed by atoms with E-state index in [0.29, 0.717) is 4.70 Å². The Morgan fingerprint density at radius 3 is 2.61 bits per heavy atom. The van der Waals surface area contributed by atoms with Gasteiger partial charge in [-0.05, 0) is 18.2 Å². The molecule has 1 aromatic carbocycles. The topological polar surface area (TPSA) is 26.3 Å². The Kier molecular flexibility index (Phi) is 3.25. The van der Waals surface area contributed by atoms with E-state index in [2.05, 4.69) is 4.74 Å². The number of thiophene rings is 1. The minimum atomic E-state index is -4.44. The first-order valence-corrected chi connectivity index (χ1v) is 5.91. The molecule has 0 N–H and O–H groups in total. The van der Waals surface area contributed by atoms with Crippen molar-refractivity contribution >= 4 is 39.0 Å². The zero-order chi connectivity index (χ0) is 13.5. The molecule has 2 rings (SSSR count). The monoisotopic (exact) mass is 294 g/mol. The molecule has 2 nitrogen and oxygen atoms in total. The molecule has 0 spiro atoms. The molecular formula is C11H6ClF3O2S. The molecule has 7 heteroatoms. The molecule has 0 saturated carbocycles. The fourth-order valence-corrected chi connectivity index (χ4v) is 2.87. The first-order valence-electron chi connectivity index (χ1n) is 4.72. The molecule has 0 fully saturated rings. The van der Waals surface area contributed by atoms with Crippen molar-refractivity contribution in [1.82, 2.24) is 0 Å². The number of alkyl halides is 3. The number of carbonyl (C=O) groups excluding carboxylic acids is 1. The van der Waals surface area contributed by atoms with Crippen molar-refractivity contribution < 1.29 is 22.7 Å². The van der Waals surface area contributed by atoms with Crippen LogP contribution in [0.2, 0.25) is 5.02 Å². The zero-order valence-electron chi connectivity index (χ0n) is 8.97. The van der Waals surface area contributed by atoms with E-state index in [4.69, 9.17) is 11.6 Å². The van der Waals surface area contributed by atoms with Crippen molar-refractivity contribution in [2.45, 2.75) is 6.18 Å². The second kappa shape index (κ2) is 4.44. The summed E-state index contributed by atoms with van der Waals surface area (Å²) in [6.07, 6.45) is -4.44. The van der Waals surface area contributed by atoms with Crippen LogP contribution in [0.4, 0.5) is 13.2 Å². The molecule has 1 aromatic heterocycles.